The summed E-state index contributed by atoms with van der Waals surface area (Å²) < 4.78 is 65.2. The van der Waals surface area contributed by atoms with Crippen molar-refractivity contribution in [2.75, 3.05) is 24.2 Å². The summed E-state index contributed by atoms with van der Waals surface area (Å²) in [6.07, 6.45) is 1.06. The zero-order chi connectivity index (χ0) is 20.5. The summed E-state index contributed by atoms with van der Waals surface area (Å²) in [5, 5.41) is -1.88. The summed E-state index contributed by atoms with van der Waals surface area (Å²) in [5.41, 5.74) is 6.48. The Morgan fingerprint density at radius 1 is 1.04 bits per heavy atom. The first-order chi connectivity index (χ1) is 13.1. The molecule has 2 aromatic carbocycles. The zero-order valence-electron chi connectivity index (χ0n) is 15.5. The molecule has 0 amide bonds. The van der Waals surface area contributed by atoms with E-state index in [2.05, 4.69) is 0 Å². The number of piperidine rings is 1. The third-order valence-electron chi connectivity index (χ3n) is 5.07. The van der Waals surface area contributed by atoms with Gasteiger partial charge in [-0.15, -0.1) is 0 Å². The number of benzene rings is 2. The number of hydrogen-bond donors (Lipinski definition) is 1. The molecule has 2 N–H and O–H groups in total. The third kappa shape index (κ3) is 4.21. The molecule has 0 aromatic heterocycles. The zero-order valence-corrected chi connectivity index (χ0v) is 17.1. The topological polar surface area (TPSA) is 97.5 Å². The second-order valence-corrected chi connectivity index (χ2v) is 11.6. The van der Waals surface area contributed by atoms with Crippen LogP contribution < -0.4 is 10.6 Å². The van der Waals surface area contributed by atoms with Crippen LogP contribution in [0, 0.1) is 5.82 Å². The van der Waals surface area contributed by atoms with Gasteiger partial charge in [-0.05, 0) is 36.2 Å². The van der Waals surface area contributed by atoms with Gasteiger partial charge in [0, 0.05) is 25.9 Å². The summed E-state index contributed by atoms with van der Waals surface area (Å²) in [6.45, 7) is 0.262. The molecule has 2 aromatic rings. The summed E-state index contributed by atoms with van der Waals surface area (Å²) >= 11 is 0. The number of nitrogens with two attached hydrogens (primary N) is 1. The van der Waals surface area contributed by atoms with Crippen molar-refractivity contribution in [1.29, 1.82) is 0 Å². The number of rotatable bonds is 5. The van der Waals surface area contributed by atoms with Crippen molar-refractivity contribution in [2.24, 2.45) is 5.73 Å². The van der Waals surface area contributed by atoms with Crippen molar-refractivity contribution in [3.63, 3.8) is 0 Å². The van der Waals surface area contributed by atoms with Gasteiger partial charge in [-0.1, -0.05) is 24.3 Å². The lowest BCUT2D eigenvalue weighted by atomic mass is 10.1. The molecule has 1 aliphatic heterocycles. The molecule has 2 atom stereocenters. The monoisotopic (exact) mass is 426 g/mol. The molecule has 1 heterocycles. The van der Waals surface area contributed by atoms with Crippen LogP contribution in [0.3, 0.4) is 0 Å². The molecular weight excluding hydrogens is 403 g/mol. The van der Waals surface area contributed by atoms with E-state index in [0.717, 1.165) is 6.26 Å². The molecular formula is C19H23FN2O4S2. The molecule has 1 fully saturated rings. The van der Waals surface area contributed by atoms with E-state index in [4.69, 9.17) is 5.73 Å². The second-order valence-electron chi connectivity index (χ2n) is 7.06. The first-order valence-corrected chi connectivity index (χ1v) is 12.3. The number of para-hydroxylation sites is 1. The molecule has 1 aliphatic rings. The maximum atomic E-state index is 14.3. The van der Waals surface area contributed by atoms with Gasteiger partial charge in [0.2, 0.25) is 0 Å². The van der Waals surface area contributed by atoms with Gasteiger partial charge >= 0.3 is 0 Å². The summed E-state index contributed by atoms with van der Waals surface area (Å²) in [6, 6.07) is 12.3. The molecule has 28 heavy (non-hydrogen) atoms. The van der Waals surface area contributed by atoms with Crippen LogP contribution in [0.4, 0.5) is 10.1 Å². The van der Waals surface area contributed by atoms with E-state index in [1.54, 1.807) is 18.2 Å². The van der Waals surface area contributed by atoms with Crippen molar-refractivity contribution in [1.82, 2.24) is 0 Å². The number of anilines is 1. The van der Waals surface area contributed by atoms with Crippen LogP contribution >= 0.6 is 0 Å². The SMILES string of the molecule is CS(=O)(=O)[C@@H]1C[C@H](S(=O)(=O)c2cccc(CN)c2)CN(c2ccccc2F)C1. The molecule has 3 rings (SSSR count). The smallest absolute Gasteiger partial charge is 0.183 e. The molecule has 1 saturated heterocycles. The predicted octanol–water partition coefficient (Wildman–Crippen LogP) is 1.75. The van der Waals surface area contributed by atoms with Crippen molar-refractivity contribution < 1.29 is 21.2 Å². The largest absolute Gasteiger partial charge is 0.367 e. The quantitative estimate of drug-likeness (QED) is 0.782. The molecule has 0 bridgehead atoms. The Kier molecular flexibility index (Phi) is 5.79. The molecule has 0 radical (unpaired) electrons. The Hall–Kier alpha value is -1.97. The van der Waals surface area contributed by atoms with Gasteiger partial charge in [0.05, 0.1) is 21.1 Å². The van der Waals surface area contributed by atoms with E-state index < -0.39 is 36.0 Å². The Bertz CT molecular complexity index is 1070. The normalized spacial score (nSPS) is 20.9. The molecule has 9 heteroatoms. The van der Waals surface area contributed by atoms with Crippen LogP contribution in [-0.2, 0) is 26.2 Å². The number of sulfone groups is 2. The molecule has 0 aliphatic carbocycles. The average Bonchev–Trinajstić information content (AvgIpc) is 2.67. The summed E-state index contributed by atoms with van der Waals surface area (Å²) in [5.74, 6) is -0.516. The summed E-state index contributed by atoms with van der Waals surface area (Å²) in [4.78, 5) is 1.61. The summed E-state index contributed by atoms with van der Waals surface area (Å²) in [7, 11) is -7.34. The Morgan fingerprint density at radius 3 is 2.36 bits per heavy atom. The fraction of sp³-hybridized carbons (Fsp3) is 0.368. The Morgan fingerprint density at radius 2 is 1.71 bits per heavy atom. The Balaban J connectivity index is 2.02. The minimum absolute atomic E-state index is 0.0160. The van der Waals surface area contributed by atoms with Crippen LogP contribution in [-0.4, -0.2) is 46.7 Å². The lowest BCUT2D eigenvalue weighted by molar-refractivity contribution is 0.510. The molecule has 6 nitrogen and oxygen atoms in total. The van der Waals surface area contributed by atoms with Gasteiger partial charge in [0.1, 0.15) is 5.82 Å². The van der Waals surface area contributed by atoms with Crippen molar-refractivity contribution in [3.8, 4) is 0 Å². The van der Waals surface area contributed by atoms with E-state index in [1.165, 1.54) is 35.2 Å². The van der Waals surface area contributed by atoms with Gasteiger partial charge in [-0.2, -0.15) is 0 Å². The first-order valence-electron chi connectivity index (χ1n) is 8.84. The standard InChI is InChI=1S/C19H23FN2O4S2/c1-27(23,24)16-10-17(13-22(12-16)19-8-3-2-7-18(19)20)28(25,26)15-6-4-5-14(9-15)11-21/h2-9,16-17H,10-13,21H2,1H3/t16-,17+/m1/s1. The maximum absolute atomic E-state index is 14.3. The minimum atomic E-state index is -3.83. The molecule has 0 unspecified atom stereocenters. The van der Waals surface area contributed by atoms with Gasteiger partial charge in [0.15, 0.2) is 19.7 Å². The van der Waals surface area contributed by atoms with E-state index >= 15 is 0 Å². The van der Waals surface area contributed by atoms with Crippen molar-refractivity contribution >= 4 is 25.4 Å². The molecule has 152 valence electrons. The highest BCUT2D eigenvalue weighted by molar-refractivity contribution is 7.92. The van der Waals surface area contributed by atoms with Crippen LogP contribution in [0.5, 0.6) is 0 Å². The third-order valence-corrected chi connectivity index (χ3v) is 8.76. The van der Waals surface area contributed by atoms with Crippen LogP contribution in [0.15, 0.2) is 53.4 Å². The predicted molar refractivity (Wildman–Crippen MR) is 107 cm³/mol. The molecule has 0 saturated carbocycles. The lowest BCUT2D eigenvalue weighted by Gasteiger charge is -2.38. The fourth-order valence-corrected chi connectivity index (χ4v) is 6.48. The van der Waals surface area contributed by atoms with E-state index in [0.29, 0.717) is 5.56 Å². The highest BCUT2D eigenvalue weighted by Gasteiger charge is 2.40. The molecule has 0 spiro atoms. The maximum Gasteiger partial charge on any atom is 0.183 e. The van der Waals surface area contributed by atoms with E-state index in [-0.39, 0.29) is 36.6 Å². The van der Waals surface area contributed by atoms with E-state index in [1.807, 2.05) is 0 Å². The second kappa shape index (κ2) is 7.81. The van der Waals surface area contributed by atoms with Crippen molar-refractivity contribution in [3.05, 3.63) is 59.9 Å². The van der Waals surface area contributed by atoms with Crippen LogP contribution in [0.1, 0.15) is 12.0 Å². The fourth-order valence-electron chi connectivity index (χ4n) is 3.49. The first kappa shape index (κ1) is 20.8. The van der Waals surface area contributed by atoms with Gasteiger partial charge < -0.3 is 10.6 Å². The number of hydrogen-bond acceptors (Lipinski definition) is 6. The van der Waals surface area contributed by atoms with Crippen LogP contribution in [0.25, 0.3) is 0 Å². The lowest BCUT2D eigenvalue weighted by Crippen LogP contribution is -2.51. The van der Waals surface area contributed by atoms with Crippen LogP contribution in [0.2, 0.25) is 0 Å². The van der Waals surface area contributed by atoms with Crippen molar-refractivity contribution in [2.45, 2.75) is 28.4 Å². The average molecular weight is 427 g/mol. The minimum Gasteiger partial charge on any atom is -0.367 e. The van der Waals surface area contributed by atoms with Gasteiger partial charge in [-0.3, -0.25) is 0 Å². The highest BCUT2D eigenvalue weighted by atomic mass is 32.2. The Labute approximate surface area is 165 Å². The number of halogens is 1. The van der Waals surface area contributed by atoms with Gasteiger partial charge in [-0.25, -0.2) is 21.2 Å². The van der Waals surface area contributed by atoms with Gasteiger partial charge in [0.25, 0.3) is 0 Å². The van der Waals surface area contributed by atoms with E-state index in [9.17, 15) is 21.2 Å². The number of nitrogens with zero attached hydrogens (tertiary/aromatic N) is 1. The highest BCUT2D eigenvalue weighted by Crippen LogP contribution is 2.31.